The molecule has 0 aliphatic carbocycles. The summed E-state index contributed by atoms with van der Waals surface area (Å²) in [5.74, 6) is -0.422. The molecule has 2 amide bonds. The molecule has 2 unspecified atom stereocenters. The van der Waals surface area contributed by atoms with Gasteiger partial charge >= 0.3 is 0 Å². The van der Waals surface area contributed by atoms with Crippen molar-refractivity contribution in [3.05, 3.63) is 71.3 Å². The zero-order valence-electron chi connectivity index (χ0n) is 18.4. The van der Waals surface area contributed by atoms with Gasteiger partial charge in [-0.1, -0.05) is 60.2 Å². The molecule has 7 heteroatoms. The van der Waals surface area contributed by atoms with Gasteiger partial charge < -0.3 is 9.80 Å². The van der Waals surface area contributed by atoms with E-state index in [2.05, 4.69) is 0 Å². The zero-order chi connectivity index (χ0) is 22.7. The number of benzene rings is 2. The van der Waals surface area contributed by atoms with Crippen molar-refractivity contribution >= 4 is 21.7 Å². The Hall–Kier alpha value is -2.67. The lowest BCUT2D eigenvalue weighted by Crippen LogP contribution is -2.44. The highest BCUT2D eigenvalue weighted by Crippen LogP contribution is 2.26. The summed E-state index contributed by atoms with van der Waals surface area (Å²) in [6.45, 7) is 3.36. The molecule has 0 radical (unpaired) electrons. The zero-order valence-corrected chi connectivity index (χ0v) is 19.3. The maximum atomic E-state index is 13.5. The average Bonchev–Trinajstić information content (AvgIpc) is 3.33. The van der Waals surface area contributed by atoms with Crippen molar-refractivity contribution in [3.8, 4) is 0 Å². The van der Waals surface area contributed by atoms with Crippen molar-refractivity contribution in [3.63, 3.8) is 0 Å². The maximum absolute atomic E-state index is 13.5. The molecule has 32 heavy (non-hydrogen) atoms. The molecule has 0 N–H and O–H groups in total. The number of likely N-dealkylation sites (tertiary alicyclic amines) is 1. The first-order valence-electron chi connectivity index (χ1n) is 11.2. The molecule has 2 fully saturated rings. The van der Waals surface area contributed by atoms with Crippen LogP contribution in [0.2, 0.25) is 0 Å². The van der Waals surface area contributed by atoms with Crippen LogP contribution < -0.4 is 0 Å². The van der Waals surface area contributed by atoms with Crippen molar-refractivity contribution in [1.82, 2.24) is 9.80 Å². The molecule has 2 aliphatic rings. The number of carbonyl (C=O) groups is 2. The molecular formula is C25H30N2O4S. The number of sulfone groups is 1. The molecule has 4 rings (SSSR count). The Bertz CT molecular complexity index is 1070. The van der Waals surface area contributed by atoms with Gasteiger partial charge in [-0.3, -0.25) is 9.59 Å². The van der Waals surface area contributed by atoms with Crippen molar-refractivity contribution in [2.75, 3.05) is 24.6 Å². The van der Waals surface area contributed by atoms with Crippen LogP contribution in [0.3, 0.4) is 0 Å². The minimum absolute atomic E-state index is 0.00297. The van der Waals surface area contributed by atoms with Crippen molar-refractivity contribution in [2.45, 2.75) is 38.8 Å². The van der Waals surface area contributed by atoms with Gasteiger partial charge in [-0.05, 0) is 30.9 Å². The number of nitrogens with zero attached hydrogens (tertiary/aromatic N) is 2. The first kappa shape index (κ1) is 22.5. The van der Waals surface area contributed by atoms with Crippen molar-refractivity contribution < 1.29 is 18.0 Å². The van der Waals surface area contributed by atoms with E-state index in [9.17, 15) is 18.0 Å². The van der Waals surface area contributed by atoms with Crippen molar-refractivity contribution in [2.24, 2.45) is 5.92 Å². The molecule has 170 valence electrons. The van der Waals surface area contributed by atoms with Crippen LogP contribution in [0.5, 0.6) is 0 Å². The van der Waals surface area contributed by atoms with E-state index in [4.69, 9.17) is 0 Å². The Morgan fingerprint density at radius 1 is 1.06 bits per heavy atom. The summed E-state index contributed by atoms with van der Waals surface area (Å²) >= 11 is 0. The van der Waals surface area contributed by atoms with E-state index in [1.165, 1.54) is 0 Å². The molecule has 0 saturated carbocycles. The monoisotopic (exact) mass is 454 g/mol. The summed E-state index contributed by atoms with van der Waals surface area (Å²) in [7, 11) is -3.13. The highest BCUT2D eigenvalue weighted by molar-refractivity contribution is 7.91. The van der Waals surface area contributed by atoms with Gasteiger partial charge in [0.25, 0.3) is 0 Å². The Labute approximate surface area is 190 Å². The van der Waals surface area contributed by atoms with E-state index in [0.29, 0.717) is 26.1 Å². The first-order chi connectivity index (χ1) is 15.3. The molecular weight excluding hydrogens is 424 g/mol. The lowest BCUT2D eigenvalue weighted by Gasteiger charge is -2.31. The third-order valence-corrected chi connectivity index (χ3v) is 8.23. The summed E-state index contributed by atoms with van der Waals surface area (Å²) in [6, 6.07) is 17.6. The second-order valence-electron chi connectivity index (χ2n) is 8.98. The number of hydrogen-bond acceptors (Lipinski definition) is 4. The topological polar surface area (TPSA) is 74.8 Å². The van der Waals surface area contributed by atoms with E-state index in [-0.39, 0.29) is 35.8 Å². The van der Waals surface area contributed by atoms with E-state index in [1.54, 1.807) is 9.80 Å². The maximum Gasteiger partial charge on any atom is 0.228 e. The summed E-state index contributed by atoms with van der Waals surface area (Å²) in [4.78, 5) is 29.6. The molecule has 0 bridgehead atoms. The van der Waals surface area contributed by atoms with Crippen LogP contribution in [0.25, 0.3) is 0 Å². The fourth-order valence-electron chi connectivity index (χ4n) is 4.60. The van der Waals surface area contributed by atoms with Crippen LogP contribution in [0.4, 0.5) is 0 Å². The summed E-state index contributed by atoms with van der Waals surface area (Å²) in [6.07, 6.45) is 1.40. The highest BCUT2D eigenvalue weighted by atomic mass is 32.2. The molecule has 6 nitrogen and oxygen atoms in total. The van der Waals surface area contributed by atoms with E-state index in [1.807, 2.05) is 61.5 Å². The SMILES string of the molecule is Cc1ccc(CN(C(=O)C2CC(=O)N(CCc3ccccc3)C2)C2CCS(=O)(=O)C2)cc1. The standard InChI is InChI=1S/C25H30N2O4S/c1-19-7-9-21(10-8-19)16-27(23-12-14-32(30,31)18-23)25(29)22-15-24(28)26(17-22)13-11-20-5-3-2-4-6-20/h2-10,22-23H,11-18H2,1H3. The lowest BCUT2D eigenvalue weighted by atomic mass is 10.0. The fraction of sp³-hybridized carbons (Fsp3) is 0.440. The average molecular weight is 455 g/mol. The van der Waals surface area contributed by atoms with Gasteiger partial charge in [-0.2, -0.15) is 0 Å². The van der Waals surface area contributed by atoms with Gasteiger partial charge in [-0.15, -0.1) is 0 Å². The molecule has 2 heterocycles. The molecule has 2 saturated heterocycles. The van der Waals surface area contributed by atoms with Crippen molar-refractivity contribution in [1.29, 1.82) is 0 Å². The van der Waals surface area contributed by atoms with Crippen LogP contribution in [0.15, 0.2) is 54.6 Å². The summed E-state index contributed by atoms with van der Waals surface area (Å²) in [5, 5.41) is 0. The van der Waals surface area contributed by atoms with Gasteiger partial charge in [0.05, 0.1) is 17.4 Å². The minimum atomic E-state index is -3.13. The quantitative estimate of drug-likeness (QED) is 0.645. The van der Waals surface area contributed by atoms with Gasteiger partial charge in [-0.25, -0.2) is 8.42 Å². The molecule has 0 spiro atoms. The van der Waals surface area contributed by atoms with E-state index in [0.717, 1.165) is 23.1 Å². The van der Waals surface area contributed by atoms with Crippen LogP contribution in [-0.2, 0) is 32.4 Å². The third-order valence-electron chi connectivity index (χ3n) is 6.48. The van der Waals surface area contributed by atoms with Gasteiger partial charge in [0, 0.05) is 32.1 Å². The van der Waals surface area contributed by atoms with Gasteiger partial charge in [0.2, 0.25) is 11.8 Å². The molecule has 2 aliphatic heterocycles. The predicted octanol–water partition coefficient (Wildman–Crippen LogP) is 2.60. The Balaban J connectivity index is 1.46. The Morgan fingerprint density at radius 2 is 1.78 bits per heavy atom. The molecule has 2 aromatic rings. The second-order valence-corrected chi connectivity index (χ2v) is 11.2. The van der Waals surface area contributed by atoms with Crippen LogP contribution in [-0.4, -0.2) is 60.7 Å². The van der Waals surface area contributed by atoms with E-state index >= 15 is 0 Å². The number of aryl methyl sites for hydroxylation is 1. The normalized spacial score (nSPS) is 22.3. The van der Waals surface area contributed by atoms with Crippen LogP contribution >= 0.6 is 0 Å². The summed E-state index contributed by atoms with van der Waals surface area (Å²) < 4.78 is 24.2. The number of rotatable bonds is 7. The minimum Gasteiger partial charge on any atom is -0.342 e. The lowest BCUT2D eigenvalue weighted by molar-refractivity contribution is -0.138. The highest BCUT2D eigenvalue weighted by Gasteiger charge is 2.41. The Kier molecular flexibility index (Phi) is 6.65. The Morgan fingerprint density at radius 3 is 2.44 bits per heavy atom. The molecule has 2 aromatic carbocycles. The van der Waals surface area contributed by atoms with Gasteiger partial charge in [0.1, 0.15) is 0 Å². The first-order valence-corrected chi connectivity index (χ1v) is 13.0. The fourth-order valence-corrected chi connectivity index (χ4v) is 6.33. The van der Waals surface area contributed by atoms with E-state index < -0.39 is 15.8 Å². The smallest absolute Gasteiger partial charge is 0.228 e. The second kappa shape index (κ2) is 9.45. The van der Waals surface area contributed by atoms with Gasteiger partial charge in [0.15, 0.2) is 9.84 Å². The number of hydrogen-bond donors (Lipinski definition) is 0. The number of amides is 2. The summed E-state index contributed by atoms with van der Waals surface area (Å²) in [5.41, 5.74) is 3.26. The number of carbonyl (C=O) groups excluding carboxylic acids is 2. The molecule has 2 atom stereocenters. The largest absolute Gasteiger partial charge is 0.342 e. The molecule has 0 aromatic heterocycles. The van der Waals surface area contributed by atoms with Crippen LogP contribution in [0.1, 0.15) is 29.5 Å². The predicted molar refractivity (Wildman–Crippen MR) is 124 cm³/mol. The van der Waals surface area contributed by atoms with Crippen LogP contribution in [0, 0.1) is 12.8 Å². The third kappa shape index (κ3) is 5.38.